The lowest BCUT2D eigenvalue weighted by Crippen LogP contribution is -2.30. The predicted molar refractivity (Wildman–Crippen MR) is 203 cm³/mol. The number of carbonyl (C=O) groups is 2. The van der Waals surface area contributed by atoms with Crippen LogP contribution in [0.1, 0.15) is 194 Å². The molecule has 2 N–H and O–H groups in total. The molecule has 0 aliphatic rings. The number of ether oxygens (including phenoxy) is 2. The molecule has 0 fully saturated rings. The minimum Gasteiger partial charge on any atom is -0.756 e. The molecule has 0 aromatic heterocycles. The summed E-state index contributed by atoms with van der Waals surface area (Å²) in [5.74, 6) is -0.963. The van der Waals surface area contributed by atoms with E-state index in [1.165, 1.54) is 103 Å². The minimum absolute atomic E-state index is 0.172. The molecule has 0 saturated heterocycles. The van der Waals surface area contributed by atoms with Crippen LogP contribution in [0.4, 0.5) is 0 Å². The van der Waals surface area contributed by atoms with Gasteiger partial charge in [0.25, 0.3) is 7.82 Å². The van der Waals surface area contributed by atoms with E-state index in [0.717, 1.165) is 51.4 Å². The van der Waals surface area contributed by atoms with E-state index in [2.05, 4.69) is 30.5 Å². The molecule has 0 radical (unpaired) electrons. The topological polar surface area (TPSA) is 152 Å². The summed E-state index contributed by atoms with van der Waals surface area (Å²) in [6.07, 6.45) is 32.9. The number of rotatable bonds is 39. The summed E-state index contributed by atoms with van der Waals surface area (Å²) in [4.78, 5) is 37.0. The number of allylic oxidation sites excluding steroid dienone is 2. The lowest BCUT2D eigenvalue weighted by molar-refractivity contribution is -0.230. The highest BCUT2D eigenvalue weighted by Crippen LogP contribution is 2.38. The van der Waals surface area contributed by atoms with Crippen LogP contribution >= 0.6 is 7.82 Å². The largest absolute Gasteiger partial charge is 0.756 e. The summed E-state index contributed by atoms with van der Waals surface area (Å²) in [6.45, 7) is 2.19. The van der Waals surface area contributed by atoms with E-state index in [9.17, 15) is 24.2 Å². The van der Waals surface area contributed by atoms with Crippen LogP contribution < -0.4 is 4.89 Å². The van der Waals surface area contributed by atoms with Gasteiger partial charge in [0, 0.05) is 12.8 Å². The first-order valence-corrected chi connectivity index (χ1v) is 22.1. The van der Waals surface area contributed by atoms with Crippen molar-refractivity contribution in [3.8, 4) is 0 Å². The molecule has 0 rings (SSSR count). The van der Waals surface area contributed by atoms with Crippen molar-refractivity contribution < 1.29 is 47.8 Å². The monoisotopic (exact) mass is 748 g/mol. The molecule has 0 amide bonds. The van der Waals surface area contributed by atoms with Gasteiger partial charge in [0.2, 0.25) is 0 Å². The smallest absolute Gasteiger partial charge is 0.306 e. The van der Waals surface area contributed by atoms with Gasteiger partial charge in [0.15, 0.2) is 6.10 Å². The normalized spacial score (nSPS) is 14.1. The molecule has 0 spiro atoms. The van der Waals surface area contributed by atoms with Crippen LogP contribution in [0.15, 0.2) is 12.2 Å². The number of phosphoric acid groups is 1. The third kappa shape index (κ3) is 36.8. The zero-order valence-electron chi connectivity index (χ0n) is 32.5. The van der Waals surface area contributed by atoms with E-state index in [4.69, 9.17) is 19.1 Å². The van der Waals surface area contributed by atoms with Crippen LogP contribution in [0.5, 0.6) is 0 Å². The summed E-state index contributed by atoms with van der Waals surface area (Å²) < 4.78 is 32.3. The van der Waals surface area contributed by atoms with Gasteiger partial charge in [-0.05, 0) is 38.5 Å². The van der Waals surface area contributed by atoms with Crippen LogP contribution in [0.3, 0.4) is 0 Å². The molecular formula is C40H76O10P-. The van der Waals surface area contributed by atoms with Crippen LogP contribution in [-0.2, 0) is 32.7 Å². The van der Waals surface area contributed by atoms with Gasteiger partial charge >= 0.3 is 11.9 Å². The number of aliphatic hydroxyl groups excluding tert-OH is 2. The van der Waals surface area contributed by atoms with Gasteiger partial charge in [-0.1, -0.05) is 154 Å². The molecular weight excluding hydrogens is 671 g/mol. The van der Waals surface area contributed by atoms with Crippen molar-refractivity contribution in [2.75, 3.05) is 26.4 Å². The zero-order chi connectivity index (χ0) is 37.7. The number of carbonyl (C=O) groups excluding carboxylic acids is 2. The Morgan fingerprint density at radius 3 is 1.43 bits per heavy atom. The van der Waals surface area contributed by atoms with E-state index < -0.39 is 51.8 Å². The van der Waals surface area contributed by atoms with E-state index in [1.54, 1.807) is 0 Å². The van der Waals surface area contributed by atoms with E-state index in [1.807, 2.05) is 0 Å². The van der Waals surface area contributed by atoms with Crippen molar-refractivity contribution in [1.82, 2.24) is 0 Å². The fourth-order valence-electron chi connectivity index (χ4n) is 5.69. The summed E-state index contributed by atoms with van der Waals surface area (Å²) in [5.41, 5.74) is 0. The SMILES string of the molecule is CCCCCCCC/C=C\CCCCCCCC(=O)OC[C@H](COP(=O)([O-])OC[C@@H](O)CO)OC(=O)CCCCCCCCCCCCCCC. The maximum absolute atomic E-state index is 12.5. The first kappa shape index (κ1) is 49.7. The molecule has 0 saturated carbocycles. The summed E-state index contributed by atoms with van der Waals surface area (Å²) in [6, 6.07) is 0. The molecule has 11 heteroatoms. The molecule has 10 nitrogen and oxygen atoms in total. The molecule has 51 heavy (non-hydrogen) atoms. The lowest BCUT2D eigenvalue weighted by atomic mass is 10.0. The standard InChI is InChI=1S/C40H77O10P/c1-3-5-7-9-11-13-15-17-18-20-21-23-25-27-29-31-39(43)47-35-38(36-49-51(45,46)48-34-37(42)33-41)50-40(44)32-30-28-26-24-22-19-16-14-12-10-8-6-4-2/h17-18,37-38,41-42H,3-16,19-36H2,1-2H3,(H,45,46)/p-1/b18-17-/t37-,38+/m0/s1. The first-order chi connectivity index (χ1) is 24.7. The molecule has 0 aromatic rings. The third-order valence-corrected chi connectivity index (χ3v) is 9.84. The highest BCUT2D eigenvalue weighted by molar-refractivity contribution is 7.45. The van der Waals surface area contributed by atoms with E-state index >= 15 is 0 Å². The molecule has 302 valence electrons. The number of hydrogen-bond donors (Lipinski definition) is 2. The van der Waals surface area contributed by atoms with Crippen molar-refractivity contribution >= 4 is 19.8 Å². The maximum atomic E-state index is 12.5. The van der Waals surface area contributed by atoms with Gasteiger partial charge in [-0.15, -0.1) is 0 Å². The van der Waals surface area contributed by atoms with Crippen LogP contribution in [-0.4, -0.2) is 60.8 Å². The van der Waals surface area contributed by atoms with Crippen molar-refractivity contribution in [2.24, 2.45) is 0 Å². The summed E-state index contributed by atoms with van der Waals surface area (Å²) in [7, 11) is -4.86. The van der Waals surface area contributed by atoms with Crippen molar-refractivity contribution in [3.63, 3.8) is 0 Å². The molecule has 0 aromatic carbocycles. The van der Waals surface area contributed by atoms with Crippen LogP contribution in [0.2, 0.25) is 0 Å². The van der Waals surface area contributed by atoms with Gasteiger partial charge in [0.1, 0.15) is 12.7 Å². The Labute approximate surface area is 311 Å². The second-order valence-corrected chi connectivity index (χ2v) is 15.4. The Morgan fingerprint density at radius 2 is 0.980 bits per heavy atom. The van der Waals surface area contributed by atoms with Gasteiger partial charge < -0.3 is 33.6 Å². The summed E-state index contributed by atoms with van der Waals surface area (Å²) >= 11 is 0. The fourth-order valence-corrected chi connectivity index (χ4v) is 6.47. The van der Waals surface area contributed by atoms with Crippen molar-refractivity contribution in [2.45, 2.75) is 206 Å². The Balaban J connectivity index is 4.31. The van der Waals surface area contributed by atoms with Gasteiger partial charge in [-0.3, -0.25) is 14.2 Å². The van der Waals surface area contributed by atoms with Crippen LogP contribution in [0, 0.1) is 0 Å². The van der Waals surface area contributed by atoms with Gasteiger partial charge in [0.05, 0.1) is 19.8 Å². The highest BCUT2D eigenvalue weighted by atomic mass is 31.2. The van der Waals surface area contributed by atoms with E-state index in [-0.39, 0.29) is 19.4 Å². The Kier molecular flexibility index (Phi) is 36.1. The number of esters is 2. The molecule has 3 atom stereocenters. The maximum Gasteiger partial charge on any atom is 0.306 e. The molecule has 0 aliphatic heterocycles. The molecule has 0 aliphatic carbocycles. The predicted octanol–water partition coefficient (Wildman–Crippen LogP) is 9.82. The Bertz CT molecular complexity index is 868. The quantitative estimate of drug-likeness (QED) is 0.0269. The molecule has 0 bridgehead atoms. The number of unbranched alkanes of at least 4 members (excludes halogenated alkanes) is 23. The number of hydrogen-bond acceptors (Lipinski definition) is 10. The number of aliphatic hydroxyl groups is 2. The number of phosphoric ester groups is 1. The molecule has 1 unspecified atom stereocenters. The lowest BCUT2D eigenvalue weighted by Gasteiger charge is -2.26. The zero-order valence-corrected chi connectivity index (χ0v) is 33.4. The van der Waals surface area contributed by atoms with Crippen molar-refractivity contribution in [3.05, 3.63) is 12.2 Å². The second kappa shape index (κ2) is 37.0. The Hall–Kier alpha value is -1.29. The van der Waals surface area contributed by atoms with Crippen molar-refractivity contribution in [1.29, 1.82) is 0 Å². The Morgan fingerprint density at radius 1 is 0.588 bits per heavy atom. The average molecular weight is 748 g/mol. The van der Waals surface area contributed by atoms with E-state index in [0.29, 0.717) is 12.8 Å². The third-order valence-electron chi connectivity index (χ3n) is 8.91. The van der Waals surface area contributed by atoms with Crippen LogP contribution in [0.25, 0.3) is 0 Å². The first-order valence-electron chi connectivity index (χ1n) is 20.6. The minimum atomic E-state index is -4.86. The molecule has 0 heterocycles. The fraction of sp³-hybridized carbons (Fsp3) is 0.900. The average Bonchev–Trinajstić information content (AvgIpc) is 3.12. The van der Waals surface area contributed by atoms with Gasteiger partial charge in [-0.2, -0.15) is 0 Å². The van der Waals surface area contributed by atoms with Gasteiger partial charge in [-0.25, -0.2) is 0 Å². The highest BCUT2D eigenvalue weighted by Gasteiger charge is 2.21. The summed E-state index contributed by atoms with van der Waals surface area (Å²) in [5, 5.41) is 18.2. The second-order valence-electron chi connectivity index (χ2n) is 14.0.